The summed E-state index contributed by atoms with van der Waals surface area (Å²) in [6, 6.07) is 25.7. The van der Waals surface area contributed by atoms with E-state index in [9.17, 15) is 4.79 Å². The molecule has 162 valence electrons. The number of hydrogen-bond acceptors (Lipinski definition) is 4. The highest BCUT2D eigenvalue weighted by Gasteiger charge is 2.14. The van der Waals surface area contributed by atoms with Crippen molar-refractivity contribution < 1.29 is 4.79 Å². The summed E-state index contributed by atoms with van der Waals surface area (Å²) in [7, 11) is 0. The minimum Gasteiger partial charge on any atom is -0.272 e. The van der Waals surface area contributed by atoms with Crippen molar-refractivity contribution in [2.75, 3.05) is 0 Å². The van der Waals surface area contributed by atoms with Gasteiger partial charge in [0.1, 0.15) is 5.69 Å². The molecule has 2 N–H and O–H groups in total. The maximum atomic E-state index is 12.6. The molecule has 2 aromatic heterocycles. The highest BCUT2D eigenvalue weighted by atomic mass is 16.2. The van der Waals surface area contributed by atoms with Crippen molar-refractivity contribution in [1.82, 2.24) is 25.4 Å². The summed E-state index contributed by atoms with van der Waals surface area (Å²) >= 11 is 0. The first-order chi connectivity index (χ1) is 16.1. The Morgan fingerprint density at radius 2 is 1.76 bits per heavy atom. The van der Waals surface area contributed by atoms with Gasteiger partial charge in [-0.3, -0.25) is 9.89 Å². The Morgan fingerprint density at radius 1 is 1.00 bits per heavy atom. The van der Waals surface area contributed by atoms with Gasteiger partial charge in [0, 0.05) is 11.1 Å². The largest absolute Gasteiger partial charge is 0.289 e. The van der Waals surface area contributed by atoms with E-state index in [0.29, 0.717) is 11.4 Å². The highest BCUT2D eigenvalue weighted by Crippen LogP contribution is 2.27. The van der Waals surface area contributed by atoms with Crippen LogP contribution in [0.25, 0.3) is 27.7 Å². The van der Waals surface area contributed by atoms with E-state index in [0.717, 1.165) is 39.0 Å². The van der Waals surface area contributed by atoms with Gasteiger partial charge < -0.3 is 0 Å². The molecule has 0 saturated heterocycles. The number of aryl methyl sites for hydroxylation is 1. The van der Waals surface area contributed by atoms with Crippen molar-refractivity contribution in [3.63, 3.8) is 0 Å². The van der Waals surface area contributed by atoms with E-state index in [1.54, 1.807) is 12.3 Å². The number of hydrazone groups is 1. The third kappa shape index (κ3) is 3.92. The van der Waals surface area contributed by atoms with Crippen molar-refractivity contribution >= 4 is 22.9 Å². The number of nitrogens with one attached hydrogen (secondary N) is 2. The van der Waals surface area contributed by atoms with Gasteiger partial charge in [-0.05, 0) is 42.8 Å². The molecule has 5 aromatic rings. The summed E-state index contributed by atoms with van der Waals surface area (Å²) in [4.78, 5) is 12.6. The fourth-order valence-corrected chi connectivity index (χ4v) is 3.90. The Morgan fingerprint density at radius 3 is 2.61 bits per heavy atom. The van der Waals surface area contributed by atoms with Crippen LogP contribution in [0.2, 0.25) is 0 Å². The lowest BCUT2D eigenvalue weighted by atomic mass is 10.0. The summed E-state index contributed by atoms with van der Waals surface area (Å²) in [5.41, 5.74) is 8.18. The molecule has 7 nitrogen and oxygen atoms in total. The van der Waals surface area contributed by atoms with Gasteiger partial charge in [-0.15, -0.1) is 0 Å². The molecule has 0 spiro atoms. The number of para-hydroxylation sites is 1. The highest BCUT2D eigenvalue weighted by molar-refractivity contribution is 5.98. The first-order valence-electron chi connectivity index (χ1n) is 10.6. The van der Waals surface area contributed by atoms with Crippen molar-refractivity contribution in [2.24, 2.45) is 5.10 Å². The fraction of sp³-hybridized carbons (Fsp3) is 0.0769. The predicted octanol–water partition coefficient (Wildman–Crippen LogP) is 4.80. The zero-order valence-corrected chi connectivity index (χ0v) is 18.3. The number of fused-ring (bicyclic) bond motifs is 1. The first-order valence-corrected chi connectivity index (χ1v) is 10.6. The Kier molecular flexibility index (Phi) is 5.28. The second-order valence-corrected chi connectivity index (χ2v) is 7.72. The molecular weight excluding hydrogens is 412 g/mol. The monoisotopic (exact) mass is 434 g/mol. The molecule has 2 heterocycles. The van der Waals surface area contributed by atoms with Crippen LogP contribution in [-0.2, 0) is 0 Å². The smallest absolute Gasteiger partial charge is 0.272 e. The molecule has 5 rings (SSSR count). The summed E-state index contributed by atoms with van der Waals surface area (Å²) in [6.45, 7) is 3.89. The maximum Gasteiger partial charge on any atom is 0.289 e. The van der Waals surface area contributed by atoms with Crippen molar-refractivity contribution in [2.45, 2.75) is 13.8 Å². The lowest BCUT2D eigenvalue weighted by Gasteiger charge is -2.03. The zero-order chi connectivity index (χ0) is 22.8. The minimum atomic E-state index is -0.365. The molecule has 7 heteroatoms. The van der Waals surface area contributed by atoms with E-state index < -0.39 is 0 Å². The van der Waals surface area contributed by atoms with Gasteiger partial charge in [-0.25, -0.2) is 10.1 Å². The third-order valence-electron chi connectivity index (χ3n) is 5.60. The molecule has 0 aliphatic carbocycles. The van der Waals surface area contributed by atoms with Gasteiger partial charge in [0.05, 0.1) is 29.0 Å². The summed E-state index contributed by atoms with van der Waals surface area (Å²) in [5.74, 6) is -0.365. The topological polar surface area (TPSA) is 88.0 Å². The number of hydrogen-bond donors (Lipinski definition) is 2. The quantitative estimate of drug-likeness (QED) is 0.308. The number of benzene rings is 3. The SMILES string of the molecule is Cc1nn(-c2ccccc2)c(C)c1/C=N\NC(=O)c1cc(-c2cccc3ccccc23)n[nH]1. The van der Waals surface area contributed by atoms with Crippen LogP contribution in [0.4, 0.5) is 0 Å². The van der Waals surface area contributed by atoms with Gasteiger partial charge in [0.25, 0.3) is 5.91 Å². The van der Waals surface area contributed by atoms with Gasteiger partial charge in [0.15, 0.2) is 0 Å². The van der Waals surface area contributed by atoms with Crippen LogP contribution in [0, 0.1) is 13.8 Å². The number of rotatable bonds is 5. The standard InChI is InChI=1S/C26H22N6O/c1-17-23(18(2)32(31-17)20-11-4-3-5-12-20)16-27-30-26(33)25-15-24(28-29-25)22-14-8-10-19-9-6-7-13-21(19)22/h3-16H,1-2H3,(H,28,29)(H,30,33)/b27-16-. The average Bonchev–Trinajstić information content (AvgIpc) is 3.45. The van der Waals surface area contributed by atoms with E-state index in [2.05, 4.69) is 38.0 Å². The van der Waals surface area contributed by atoms with E-state index >= 15 is 0 Å². The van der Waals surface area contributed by atoms with E-state index in [1.165, 1.54) is 0 Å². The van der Waals surface area contributed by atoms with Crippen LogP contribution >= 0.6 is 0 Å². The lowest BCUT2D eigenvalue weighted by Crippen LogP contribution is -2.18. The third-order valence-corrected chi connectivity index (χ3v) is 5.60. The van der Waals surface area contributed by atoms with E-state index in [1.807, 2.05) is 79.2 Å². The minimum absolute atomic E-state index is 0.337. The summed E-state index contributed by atoms with van der Waals surface area (Å²) < 4.78 is 1.86. The number of H-pyrrole nitrogens is 1. The summed E-state index contributed by atoms with van der Waals surface area (Å²) in [6.07, 6.45) is 1.62. The van der Waals surface area contributed by atoms with Gasteiger partial charge in [-0.2, -0.15) is 15.3 Å². The number of nitrogens with zero attached hydrogens (tertiary/aromatic N) is 4. The Hall–Kier alpha value is -4.52. The Bertz CT molecular complexity index is 1470. The Balaban J connectivity index is 1.34. The molecule has 0 atom stereocenters. The van der Waals surface area contributed by atoms with Gasteiger partial charge in [-0.1, -0.05) is 60.7 Å². The van der Waals surface area contributed by atoms with Crippen molar-refractivity contribution in [3.05, 3.63) is 102 Å². The second-order valence-electron chi connectivity index (χ2n) is 7.72. The lowest BCUT2D eigenvalue weighted by molar-refractivity contribution is 0.0950. The van der Waals surface area contributed by atoms with Crippen LogP contribution in [0.3, 0.4) is 0 Å². The average molecular weight is 435 g/mol. The molecule has 1 amide bonds. The summed E-state index contributed by atoms with van der Waals surface area (Å²) in [5, 5.41) is 18.1. The molecule has 0 fully saturated rings. The molecule has 0 bridgehead atoms. The fourth-order valence-electron chi connectivity index (χ4n) is 3.90. The van der Waals surface area contributed by atoms with Crippen LogP contribution in [0.1, 0.15) is 27.4 Å². The first kappa shape index (κ1) is 20.4. The Labute approximate surface area is 190 Å². The normalized spacial score (nSPS) is 11.3. The molecular formula is C26H22N6O. The molecule has 0 saturated carbocycles. The van der Waals surface area contributed by atoms with Crippen LogP contribution < -0.4 is 5.43 Å². The van der Waals surface area contributed by atoms with Crippen molar-refractivity contribution in [1.29, 1.82) is 0 Å². The molecule has 0 aliphatic heterocycles. The van der Waals surface area contributed by atoms with E-state index in [-0.39, 0.29) is 5.91 Å². The van der Waals surface area contributed by atoms with Gasteiger partial charge >= 0.3 is 0 Å². The number of carbonyl (C=O) groups excluding carboxylic acids is 1. The van der Waals surface area contributed by atoms with Gasteiger partial charge in [0.2, 0.25) is 0 Å². The van der Waals surface area contributed by atoms with Crippen LogP contribution in [0.15, 0.2) is 84.0 Å². The number of aromatic nitrogens is 4. The van der Waals surface area contributed by atoms with Crippen LogP contribution in [-0.4, -0.2) is 32.1 Å². The maximum absolute atomic E-state index is 12.6. The molecule has 3 aromatic carbocycles. The van der Waals surface area contributed by atoms with E-state index in [4.69, 9.17) is 0 Å². The molecule has 33 heavy (non-hydrogen) atoms. The zero-order valence-electron chi connectivity index (χ0n) is 18.3. The predicted molar refractivity (Wildman–Crippen MR) is 130 cm³/mol. The molecule has 0 aliphatic rings. The van der Waals surface area contributed by atoms with Crippen molar-refractivity contribution in [3.8, 4) is 16.9 Å². The number of carbonyl (C=O) groups is 1. The number of aromatic amines is 1. The second kappa shape index (κ2) is 8.55. The number of amides is 1. The molecule has 0 unspecified atom stereocenters. The van der Waals surface area contributed by atoms with Crippen LogP contribution in [0.5, 0.6) is 0 Å². The molecule has 0 radical (unpaired) electrons.